The van der Waals surface area contributed by atoms with E-state index < -0.39 is 11.5 Å². The van der Waals surface area contributed by atoms with Crippen molar-refractivity contribution < 1.29 is 14.7 Å². The van der Waals surface area contributed by atoms with Crippen molar-refractivity contribution in [2.45, 2.75) is 31.3 Å². The zero-order chi connectivity index (χ0) is 18.9. The predicted molar refractivity (Wildman–Crippen MR) is 104 cm³/mol. The van der Waals surface area contributed by atoms with Gasteiger partial charge in [-0.3, -0.25) is 19.4 Å². The third kappa shape index (κ3) is 3.29. The van der Waals surface area contributed by atoms with E-state index in [4.69, 9.17) is 0 Å². The average molecular weight is 364 g/mol. The Balaban J connectivity index is 1.62. The molecule has 1 saturated heterocycles. The molecule has 0 saturated carbocycles. The van der Waals surface area contributed by atoms with Gasteiger partial charge in [-0.15, -0.1) is 0 Å². The van der Waals surface area contributed by atoms with E-state index in [9.17, 15) is 14.7 Å². The fourth-order valence-corrected chi connectivity index (χ4v) is 4.08. The normalized spacial score (nSPS) is 22.7. The van der Waals surface area contributed by atoms with E-state index in [1.165, 1.54) is 6.42 Å². The molecule has 0 bridgehead atoms. The third-order valence-corrected chi connectivity index (χ3v) is 5.54. The minimum atomic E-state index is -1.81. The van der Waals surface area contributed by atoms with Crippen molar-refractivity contribution in [3.63, 3.8) is 0 Å². The molecule has 1 N–H and O–H groups in total. The average Bonchev–Trinajstić information content (AvgIpc) is 2.92. The molecule has 2 heterocycles. The number of ketones is 1. The Morgan fingerprint density at radius 2 is 1.63 bits per heavy atom. The van der Waals surface area contributed by atoms with Gasteiger partial charge < -0.3 is 5.11 Å². The molecular weight excluding hydrogens is 340 g/mol. The SMILES string of the molecule is O=C(C[C@@]1(O)C(=O)N(CN2CCCCC2)c2ccccc21)c1ccccc1. The Morgan fingerprint density at radius 1 is 0.963 bits per heavy atom. The molecule has 0 radical (unpaired) electrons. The number of hydrogen-bond acceptors (Lipinski definition) is 4. The minimum absolute atomic E-state index is 0.235. The first-order valence-electron chi connectivity index (χ1n) is 9.54. The van der Waals surface area contributed by atoms with E-state index in [1.54, 1.807) is 41.3 Å². The van der Waals surface area contributed by atoms with Crippen molar-refractivity contribution in [1.82, 2.24) is 4.90 Å². The summed E-state index contributed by atoms with van der Waals surface area (Å²) in [5, 5.41) is 11.3. The number of fused-ring (bicyclic) bond motifs is 1. The molecule has 140 valence electrons. The Morgan fingerprint density at radius 3 is 2.37 bits per heavy atom. The maximum Gasteiger partial charge on any atom is 0.265 e. The quantitative estimate of drug-likeness (QED) is 0.829. The first-order chi connectivity index (χ1) is 13.1. The van der Waals surface area contributed by atoms with Crippen molar-refractivity contribution in [2.24, 2.45) is 0 Å². The number of hydrogen-bond donors (Lipinski definition) is 1. The standard InChI is InChI=1S/C22H24N2O3/c25-20(17-9-3-1-4-10-17)15-22(27)18-11-5-6-12-19(18)24(21(22)26)16-23-13-7-2-8-14-23/h1,3-6,9-12,27H,2,7-8,13-16H2/t22-/m0/s1. The molecule has 27 heavy (non-hydrogen) atoms. The summed E-state index contributed by atoms with van der Waals surface area (Å²) in [5.41, 5.74) is -0.0716. The second kappa shape index (κ2) is 7.25. The number of rotatable bonds is 5. The van der Waals surface area contributed by atoms with E-state index in [0.717, 1.165) is 25.9 Å². The van der Waals surface area contributed by atoms with Gasteiger partial charge in [-0.1, -0.05) is 55.0 Å². The lowest BCUT2D eigenvalue weighted by Crippen LogP contribution is -2.47. The van der Waals surface area contributed by atoms with Crippen LogP contribution in [0.5, 0.6) is 0 Å². The molecule has 5 heteroatoms. The number of likely N-dealkylation sites (tertiary alicyclic amines) is 1. The van der Waals surface area contributed by atoms with Crippen LogP contribution in [0.2, 0.25) is 0 Å². The van der Waals surface area contributed by atoms with Gasteiger partial charge in [0.05, 0.1) is 18.8 Å². The van der Waals surface area contributed by atoms with Crippen LogP contribution < -0.4 is 4.90 Å². The van der Waals surface area contributed by atoms with Crippen molar-refractivity contribution >= 4 is 17.4 Å². The van der Waals surface area contributed by atoms with Gasteiger partial charge in [0.2, 0.25) is 0 Å². The number of carbonyl (C=O) groups excluding carboxylic acids is 2. The third-order valence-electron chi connectivity index (χ3n) is 5.54. The highest BCUT2D eigenvalue weighted by Crippen LogP contribution is 2.43. The van der Waals surface area contributed by atoms with E-state index in [-0.39, 0.29) is 12.2 Å². The molecule has 2 aliphatic heterocycles. The summed E-state index contributed by atoms with van der Waals surface area (Å²) in [5.74, 6) is -0.639. The zero-order valence-corrected chi connectivity index (χ0v) is 15.3. The second-order valence-electron chi connectivity index (χ2n) is 7.40. The van der Waals surface area contributed by atoms with Gasteiger partial charge in [-0.2, -0.15) is 0 Å². The van der Waals surface area contributed by atoms with Crippen LogP contribution in [0.4, 0.5) is 5.69 Å². The Kier molecular flexibility index (Phi) is 4.81. The maximum absolute atomic E-state index is 13.2. The lowest BCUT2D eigenvalue weighted by Gasteiger charge is -2.31. The van der Waals surface area contributed by atoms with Crippen LogP contribution in [-0.4, -0.2) is 41.5 Å². The first-order valence-corrected chi connectivity index (χ1v) is 9.54. The van der Waals surface area contributed by atoms with Crippen LogP contribution in [-0.2, 0) is 10.4 Å². The van der Waals surface area contributed by atoms with Gasteiger partial charge in [-0.25, -0.2) is 0 Å². The minimum Gasteiger partial charge on any atom is -0.375 e. The molecule has 0 aromatic heterocycles. The second-order valence-corrected chi connectivity index (χ2v) is 7.40. The van der Waals surface area contributed by atoms with Crippen LogP contribution >= 0.6 is 0 Å². The Bertz CT molecular complexity index is 846. The van der Waals surface area contributed by atoms with Gasteiger partial charge in [0.25, 0.3) is 5.91 Å². The molecule has 2 aliphatic rings. The smallest absolute Gasteiger partial charge is 0.265 e. The lowest BCUT2D eigenvalue weighted by atomic mass is 9.88. The summed E-state index contributed by atoms with van der Waals surface area (Å²) in [4.78, 5) is 29.8. The van der Waals surface area contributed by atoms with Crippen molar-refractivity contribution in [3.05, 3.63) is 65.7 Å². The number of amides is 1. The topological polar surface area (TPSA) is 60.9 Å². The molecule has 1 fully saturated rings. The van der Waals surface area contributed by atoms with Crippen LogP contribution in [0.15, 0.2) is 54.6 Å². The number of nitrogens with zero attached hydrogens (tertiary/aromatic N) is 2. The molecule has 2 aromatic rings. The molecule has 4 rings (SSSR count). The molecule has 0 unspecified atom stereocenters. The highest BCUT2D eigenvalue weighted by atomic mass is 16.3. The fourth-order valence-electron chi connectivity index (χ4n) is 4.08. The van der Waals surface area contributed by atoms with Crippen molar-refractivity contribution in [1.29, 1.82) is 0 Å². The summed E-state index contributed by atoms with van der Waals surface area (Å²) in [7, 11) is 0. The summed E-state index contributed by atoms with van der Waals surface area (Å²) >= 11 is 0. The van der Waals surface area contributed by atoms with Gasteiger partial charge in [0, 0.05) is 11.1 Å². The van der Waals surface area contributed by atoms with Crippen LogP contribution in [0.1, 0.15) is 41.6 Å². The van der Waals surface area contributed by atoms with Gasteiger partial charge >= 0.3 is 0 Å². The highest BCUT2D eigenvalue weighted by Gasteiger charge is 2.51. The molecule has 1 atom stereocenters. The predicted octanol–water partition coefficient (Wildman–Crippen LogP) is 2.94. The maximum atomic E-state index is 13.2. The summed E-state index contributed by atoms with van der Waals surface area (Å²) in [6.45, 7) is 2.36. The van der Waals surface area contributed by atoms with Gasteiger partial charge in [0.15, 0.2) is 11.4 Å². The summed E-state index contributed by atoms with van der Waals surface area (Å²) in [6.07, 6.45) is 3.22. The molecule has 1 amide bonds. The summed E-state index contributed by atoms with van der Waals surface area (Å²) in [6, 6.07) is 16.1. The van der Waals surface area contributed by atoms with Crippen molar-refractivity contribution in [3.8, 4) is 0 Å². The highest BCUT2D eigenvalue weighted by molar-refractivity contribution is 6.10. The number of carbonyl (C=O) groups is 2. The molecule has 2 aromatic carbocycles. The number of para-hydroxylation sites is 1. The number of aliphatic hydroxyl groups is 1. The molecular formula is C22H24N2O3. The Labute approximate surface area is 159 Å². The molecule has 0 aliphatic carbocycles. The zero-order valence-electron chi connectivity index (χ0n) is 15.3. The fraction of sp³-hybridized carbons (Fsp3) is 0.364. The van der Waals surface area contributed by atoms with Crippen LogP contribution in [0.3, 0.4) is 0 Å². The number of piperidine rings is 1. The largest absolute Gasteiger partial charge is 0.375 e. The van der Waals surface area contributed by atoms with Gasteiger partial charge in [-0.05, 0) is 32.0 Å². The molecule has 5 nitrogen and oxygen atoms in total. The van der Waals surface area contributed by atoms with E-state index >= 15 is 0 Å². The number of benzene rings is 2. The van der Waals surface area contributed by atoms with Crippen molar-refractivity contribution in [2.75, 3.05) is 24.7 Å². The van der Waals surface area contributed by atoms with Crippen LogP contribution in [0.25, 0.3) is 0 Å². The van der Waals surface area contributed by atoms with E-state index in [2.05, 4.69) is 4.90 Å². The molecule has 0 spiro atoms. The Hall–Kier alpha value is -2.50. The van der Waals surface area contributed by atoms with Crippen LogP contribution in [0, 0.1) is 0 Å². The number of anilines is 1. The van der Waals surface area contributed by atoms with E-state index in [1.807, 2.05) is 18.2 Å². The number of Topliss-reactive ketones (excluding diaryl/α,β-unsaturated/α-hetero) is 1. The van der Waals surface area contributed by atoms with Gasteiger partial charge in [0.1, 0.15) is 0 Å². The first kappa shape index (κ1) is 17.9. The summed E-state index contributed by atoms with van der Waals surface area (Å²) < 4.78 is 0. The monoisotopic (exact) mass is 364 g/mol. The van der Waals surface area contributed by atoms with E-state index in [0.29, 0.717) is 23.5 Å². The lowest BCUT2D eigenvalue weighted by molar-refractivity contribution is -0.136.